The van der Waals surface area contributed by atoms with Gasteiger partial charge in [0.05, 0.1) is 12.4 Å². The van der Waals surface area contributed by atoms with E-state index in [1.54, 1.807) is 17.7 Å². The van der Waals surface area contributed by atoms with Crippen molar-refractivity contribution in [2.24, 2.45) is 0 Å². The molecule has 0 amide bonds. The maximum absolute atomic E-state index is 4.62. The third-order valence-electron chi connectivity index (χ3n) is 5.25. The summed E-state index contributed by atoms with van der Waals surface area (Å²) in [6.07, 6.45) is 7.97. The van der Waals surface area contributed by atoms with Gasteiger partial charge in [0.15, 0.2) is 17.0 Å². The molecule has 2 fully saturated rings. The van der Waals surface area contributed by atoms with Crippen molar-refractivity contribution in [1.82, 2.24) is 29.4 Å². The molecule has 1 saturated heterocycles. The number of imidazole rings is 1. The van der Waals surface area contributed by atoms with Crippen LogP contribution in [0.15, 0.2) is 24.2 Å². The van der Waals surface area contributed by atoms with Gasteiger partial charge in [-0.15, -0.1) is 11.3 Å². The molecule has 130 valence electrons. The maximum atomic E-state index is 4.62. The molecule has 0 radical (unpaired) electrons. The predicted molar refractivity (Wildman–Crippen MR) is 97.9 cm³/mol. The van der Waals surface area contributed by atoms with Crippen molar-refractivity contribution in [3.05, 3.63) is 29.2 Å². The zero-order valence-electron chi connectivity index (χ0n) is 14.2. The minimum atomic E-state index is 0.377. The number of hydrogen-bond donors (Lipinski definition) is 0. The van der Waals surface area contributed by atoms with Gasteiger partial charge in [0, 0.05) is 43.8 Å². The number of fused-ring (bicyclic) bond motifs is 1. The van der Waals surface area contributed by atoms with Crippen molar-refractivity contribution in [2.45, 2.75) is 31.8 Å². The Hall–Kier alpha value is -2.06. The smallest absolute Gasteiger partial charge is 0.165 e. The van der Waals surface area contributed by atoms with Crippen molar-refractivity contribution in [3.63, 3.8) is 0 Å². The van der Waals surface area contributed by atoms with Crippen LogP contribution in [0.4, 0.5) is 5.82 Å². The third kappa shape index (κ3) is 2.69. The van der Waals surface area contributed by atoms with E-state index < -0.39 is 0 Å². The molecule has 0 spiro atoms. The summed E-state index contributed by atoms with van der Waals surface area (Å²) in [5, 5.41) is 3.25. The van der Waals surface area contributed by atoms with Crippen molar-refractivity contribution < 1.29 is 0 Å². The van der Waals surface area contributed by atoms with Crippen molar-refractivity contribution in [2.75, 3.05) is 31.1 Å². The van der Waals surface area contributed by atoms with Crippen LogP contribution < -0.4 is 4.90 Å². The lowest BCUT2D eigenvalue weighted by Gasteiger charge is -2.37. The SMILES string of the molecule is CC(c1nccs1)N1CCN(c2ncnc3c2ncn3C2CC2)CC1. The van der Waals surface area contributed by atoms with Gasteiger partial charge >= 0.3 is 0 Å². The number of piperazine rings is 1. The van der Waals surface area contributed by atoms with E-state index in [4.69, 9.17) is 0 Å². The number of aromatic nitrogens is 5. The van der Waals surface area contributed by atoms with Gasteiger partial charge in [-0.2, -0.15) is 0 Å². The van der Waals surface area contributed by atoms with Crippen LogP contribution >= 0.6 is 11.3 Å². The average Bonchev–Trinajstić information content (AvgIpc) is 3.19. The fourth-order valence-corrected chi connectivity index (χ4v) is 4.34. The summed E-state index contributed by atoms with van der Waals surface area (Å²) in [6.45, 7) is 6.18. The number of rotatable bonds is 4. The second-order valence-corrected chi connectivity index (χ2v) is 7.75. The summed E-state index contributed by atoms with van der Waals surface area (Å²) < 4.78 is 2.21. The first-order valence-electron chi connectivity index (χ1n) is 8.87. The van der Waals surface area contributed by atoms with Gasteiger partial charge in [-0.05, 0) is 19.8 Å². The average molecular weight is 355 g/mol. The Balaban J connectivity index is 1.35. The second kappa shape index (κ2) is 6.03. The predicted octanol–water partition coefficient (Wildman–Crippen LogP) is 2.50. The first-order valence-corrected chi connectivity index (χ1v) is 9.75. The standard InChI is InChI=1S/C17H21N7S/c1-12(17-18-4-9-25-17)22-5-7-23(8-6-22)15-14-16(20-10-19-15)24(11-21-14)13-2-3-13/h4,9-13H,2-3,5-8H2,1H3. The van der Waals surface area contributed by atoms with Crippen LogP contribution in [0.25, 0.3) is 11.2 Å². The minimum Gasteiger partial charge on any atom is -0.352 e. The van der Waals surface area contributed by atoms with Crippen molar-refractivity contribution in [1.29, 1.82) is 0 Å². The van der Waals surface area contributed by atoms with Gasteiger partial charge in [0.1, 0.15) is 11.3 Å². The Morgan fingerprint density at radius 3 is 2.64 bits per heavy atom. The van der Waals surface area contributed by atoms with Gasteiger partial charge in [0.25, 0.3) is 0 Å². The molecule has 1 aliphatic carbocycles. The molecule has 1 unspecified atom stereocenters. The van der Waals surface area contributed by atoms with Gasteiger partial charge in [-0.1, -0.05) is 0 Å². The largest absolute Gasteiger partial charge is 0.352 e. The molecule has 1 atom stereocenters. The Morgan fingerprint density at radius 2 is 1.92 bits per heavy atom. The summed E-state index contributed by atoms with van der Waals surface area (Å²) in [5.41, 5.74) is 1.92. The highest BCUT2D eigenvalue weighted by Crippen LogP contribution is 2.37. The first kappa shape index (κ1) is 15.2. The molecule has 0 bridgehead atoms. The molecule has 1 saturated carbocycles. The van der Waals surface area contributed by atoms with E-state index in [-0.39, 0.29) is 0 Å². The molecule has 0 aromatic carbocycles. The van der Waals surface area contributed by atoms with Crippen molar-refractivity contribution in [3.8, 4) is 0 Å². The Kier molecular flexibility index (Phi) is 3.67. The number of hydrogen-bond acceptors (Lipinski definition) is 7. The summed E-state index contributed by atoms with van der Waals surface area (Å²) in [6, 6.07) is 0.963. The molecule has 3 aromatic heterocycles. The molecule has 5 rings (SSSR count). The van der Waals surface area contributed by atoms with E-state index in [2.05, 4.69) is 46.6 Å². The van der Waals surface area contributed by atoms with Gasteiger partial charge in [0.2, 0.25) is 0 Å². The lowest BCUT2D eigenvalue weighted by Crippen LogP contribution is -2.47. The van der Waals surface area contributed by atoms with E-state index in [0.29, 0.717) is 12.1 Å². The molecular weight excluding hydrogens is 334 g/mol. The Bertz CT molecular complexity index is 862. The van der Waals surface area contributed by atoms with Gasteiger partial charge in [-0.3, -0.25) is 4.90 Å². The Morgan fingerprint density at radius 1 is 1.08 bits per heavy atom. The van der Waals surface area contributed by atoms with Crippen LogP contribution in [0.1, 0.15) is 36.9 Å². The van der Waals surface area contributed by atoms with E-state index in [9.17, 15) is 0 Å². The molecular formula is C17H21N7S. The topological polar surface area (TPSA) is 63.0 Å². The number of thiazole rings is 1. The highest BCUT2D eigenvalue weighted by molar-refractivity contribution is 7.09. The number of nitrogens with zero attached hydrogens (tertiary/aromatic N) is 7. The normalized spacial score (nSPS) is 20.3. The van der Waals surface area contributed by atoms with Crippen molar-refractivity contribution >= 4 is 28.3 Å². The summed E-state index contributed by atoms with van der Waals surface area (Å²) in [5.74, 6) is 0.978. The van der Waals surface area contributed by atoms with Gasteiger partial charge < -0.3 is 9.47 Å². The molecule has 2 aliphatic rings. The van der Waals surface area contributed by atoms with E-state index >= 15 is 0 Å². The third-order valence-corrected chi connectivity index (χ3v) is 6.20. The zero-order valence-corrected chi connectivity index (χ0v) is 15.1. The molecule has 7 nitrogen and oxygen atoms in total. The Labute approximate surface area is 150 Å². The van der Waals surface area contributed by atoms with Crippen LogP contribution in [0.3, 0.4) is 0 Å². The first-order chi connectivity index (χ1) is 12.3. The van der Waals surface area contributed by atoms with E-state index in [1.165, 1.54) is 17.8 Å². The van der Waals surface area contributed by atoms with Gasteiger partial charge in [-0.25, -0.2) is 19.9 Å². The summed E-state index contributed by atoms with van der Waals surface area (Å²) in [7, 11) is 0. The van der Waals surface area contributed by atoms with Crippen LogP contribution in [0.2, 0.25) is 0 Å². The lowest BCUT2D eigenvalue weighted by molar-refractivity contribution is 0.198. The highest BCUT2D eigenvalue weighted by atomic mass is 32.1. The molecule has 4 heterocycles. The highest BCUT2D eigenvalue weighted by Gasteiger charge is 2.29. The van der Waals surface area contributed by atoms with E-state index in [1.807, 2.05) is 12.5 Å². The van der Waals surface area contributed by atoms with Crippen LogP contribution in [0.5, 0.6) is 0 Å². The van der Waals surface area contributed by atoms with Crippen LogP contribution in [0, 0.1) is 0 Å². The second-order valence-electron chi connectivity index (χ2n) is 6.82. The van der Waals surface area contributed by atoms with Crippen LogP contribution in [-0.2, 0) is 0 Å². The molecule has 1 aliphatic heterocycles. The van der Waals surface area contributed by atoms with Crippen LogP contribution in [-0.4, -0.2) is 55.6 Å². The zero-order chi connectivity index (χ0) is 16.8. The fourth-order valence-electron chi connectivity index (χ4n) is 3.61. The molecule has 25 heavy (non-hydrogen) atoms. The molecule has 0 N–H and O–H groups in total. The summed E-state index contributed by atoms with van der Waals surface area (Å²) >= 11 is 1.74. The lowest BCUT2D eigenvalue weighted by atomic mass is 10.2. The molecule has 8 heteroatoms. The minimum absolute atomic E-state index is 0.377. The quantitative estimate of drug-likeness (QED) is 0.716. The number of anilines is 1. The van der Waals surface area contributed by atoms with E-state index in [0.717, 1.165) is 43.2 Å². The summed E-state index contributed by atoms with van der Waals surface area (Å²) in [4.78, 5) is 23.0. The monoisotopic (exact) mass is 355 g/mol. The maximum Gasteiger partial charge on any atom is 0.165 e. The fraction of sp³-hybridized carbons (Fsp3) is 0.529. The molecule has 3 aromatic rings.